The van der Waals surface area contributed by atoms with Gasteiger partial charge in [0.25, 0.3) is 0 Å². The van der Waals surface area contributed by atoms with E-state index in [1.807, 2.05) is 0 Å². The smallest absolute Gasteiger partial charge is 0.215 e. The number of hydrogen-bond acceptors (Lipinski definition) is 5. The van der Waals surface area contributed by atoms with Gasteiger partial charge >= 0.3 is 0 Å². The number of rotatable bonds is 7. The van der Waals surface area contributed by atoms with E-state index < -0.39 is 27.0 Å². The van der Waals surface area contributed by atoms with Crippen LogP contribution in [-0.4, -0.2) is 30.7 Å². The van der Waals surface area contributed by atoms with Crippen molar-refractivity contribution in [3.63, 3.8) is 0 Å². The van der Waals surface area contributed by atoms with Gasteiger partial charge in [-0.2, -0.15) is 0 Å². The highest BCUT2D eigenvalue weighted by Crippen LogP contribution is 2.21. The lowest BCUT2D eigenvalue weighted by Crippen LogP contribution is -2.35. The highest BCUT2D eigenvalue weighted by molar-refractivity contribution is 7.90. The predicted molar refractivity (Wildman–Crippen MR) is 88.6 cm³/mol. The Morgan fingerprint density at radius 3 is 2.29 bits per heavy atom. The summed E-state index contributed by atoms with van der Waals surface area (Å²) in [5.41, 5.74) is 0.817. The van der Waals surface area contributed by atoms with Crippen LogP contribution in [0.15, 0.2) is 36.7 Å². The van der Waals surface area contributed by atoms with Gasteiger partial charge in [0.1, 0.15) is 11.6 Å². The lowest BCUT2D eigenvalue weighted by Gasteiger charge is -2.19. The molecular weight excluding hydrogens is 333 g/mol. The Balaban J connectivity index is 2.03. The number of methoxy groups -OCH3 is 1. The Hall–Kier alpha value is -2.06. The van der Waals surface area contributed by atoms with Crippen LogP contribution in [0.5, 0.6) is 5.75 Å². The zero-order valence-electron chi connectivity index (χ0n) is 13.7. The number of nitrogens with zero attached hydrogens (tertiary/aromatic N) is 2. The number of aromatic nitrogens is 2. The fraction of sp³-hybridized carbons (Fsp3) is 0.375. The second-order valence-corrected chi connectivity index (χ2v) is 7.59. The molecule has 0 aliphatic carbocycles. The molecule has 1 aromatic heterocycles. The zero-order valence-corrected chi connectivity index (χ0v) is 14.5. The molecule has 1 aromatic carbocycles. The first-order chi connectivity index (χ1) is 11.3. The lowest BCUT2D eigenvalue weighted by atomic mass is 10.1. The fourth-order valence-corrected chi connectivity index (χ4v) is 3.38. The van der Waals surface area contributed by atoms with E-state index in [4.69, 9.17) is 4.74 Å². The molecule has 0 bridgehead atoms. The summed E-state index contributed by atoms with van der Waals surface area (Å²) in [5, 5.41) is -0.763. The first kappa shape index (κ1) is 18.3. The van der Waals surface area contributed by atoms with Crippen LogP contribution in [0.4, 0.5) is 4.39 Å². The minimum atomic E-state index is -3.59. The quantitative estimate of drug-likeness (QED) is 0.825. The molecule has 8 heteroatoms. The third kappa shape index (κ3) is 4.48. The van der Waals surface area contributed by atoms with Crippen LogP contribution in [0.25, 0.3) is 0 Å². The van der Waals surface area contributed by atoms with Crippen molar-refractivity contribution < 1.29 is 17.5 Å². The fourth-order valence-electron chi connectivity index (χ4n) is 2.09. The molecule has 0 amide bonds. The van der Waals surface area contributed by atoms with Crippen molar-refractivity contribution in [3.05, 3.63) is 53.9 Å². The van der Waals surface area contributed by atoms with Crippen LogP contribution in [0.1, 0.15) is 31.2 Å². The van der Waals surface area contributed by atoms with Crippen LogP contribution in [0, 0.1) is 5.82 Å². The Labute approximate surface area is 141 Å². The second kappa shape index (κ2) is 7.67. The number of nitrogens with one attached hydrogen (secondary N) is 1. The average molecular weight is 353 g/mol. The first-order valence-electron chi connectivity index (χ1n) is 7.42. The lowest BCUT2D eigenvalue weighted by molar-refractivity contribution is 0.414. The third-order valence-corrected chi connectivity index (χ3v) is 5.81. The summed E-state index contributed by atoms with van der Waals surface area (Å²) in [6, 6.07) is 7.11. The van der Waals surface area contributed by atoms with Gasteiger partial charge in [0.2, 0.25) is 10.0 Å². The van der Waals surface area contributed by atoms with Gasteiger partial charge in [0.15, 0.2) is 5.82 Å². The topological polar surface area (TPSA) is 81.2 Å². The normalized spacial score (nSPS) is 14.2. The molecule has 0 aliphatic rings. The maximum Gasteiger partial charge on any atom is 0.215 e. The molecule has 130 valence electrons. The Morgan fingerprint density at radius 2 is 1.75 bits per heavy atom. The van der Waals surface area contributed by atoms with E-state index in [2.05, 4.69) is 14.7 Å². The van der Waals surface area contributed by atoms with E-state index in [-0.39, 0.29) is 6.54 Å². The summed E-state index contributed by atoms with van der Waals surface area (Å²) in [7, 11) is -2.02. The van der Waals surface area contributed by atoms with E-state index in [1.165, 1.54) is 0 Å². The first-order valence-corrected chi connectivity index (χ1v) is 8.97. The Morgan fingerprint density at radius 1 is 1.17 bits per heavy atom. The maximum absolute atomic E-state index is 12.9. The minimum absolute atomic E-state index is 0.174. The van der Waals surface area contributed by atoms with Crippen LogP contribution in [0.3, 0.4) is 0 Å². The SMILES string of the molecule is COc1ccc(CNS(=O)(=O)[C@H](C)[C@H](C)c2ncc(F)cn2)cc1. The van der Waals surface area contributed by atoms with Gasteiger partial charge in [0, 0.05) is 12.5 Å². The molecule has 0 saturated carbocycles. The van der Waals surface area contributed by atoms with E-state index >= 15 is 0 Å². The van der Waals surface area contributed by atoms with Crippen LogP contribution < -0.4 is 9.46 Å². The van der Waals surface area contributed by atoms with Crippen molar-refractivity contribution in [2.75, 3.05) is 7.11 Å². The maximum atomic E-state index is 12.9. The Kier molecular flexibility index (Phi) is 5.84. The van der Waals surface area contributed by atoms with Crippen molar-refractivity contribution in [1.29, 1.82) is 0 Å². The zero-order chi connectivity index (χ0) is 17.7. The highest BCUT2D eigenvalue weighted by atomic mass is 32.2. The van der Waals surface area contributed by atoms with E-state index in [0.717, 1.165) is 18.0 Å². The van der Waals surface area contributed by atoms with Gasteiger partial charge in [-0.3, -0.25) is 0 Å². The summed E-state index contributed by atoms with van der Waals surface area (Å²) in [5.74, 6) is -0.0335. The molecular formula is C16H20FN3O3S. The third-order valence-electron chi connectivity index (χ3n) is 3.88. The molecule has 0 aliphatic heterocycles. The van der Waals surface area contributed by atoms with Crippen LogP contribution in [0.2, 0.25) is 0 Å². The van der Waals surface area contributed by atoms with Crippen molar-refractivity contribution in [3.8, 4) is 5.75 Å². The monoisotopic (exact) mass is 353 g/mol. The summed E-state index contributed by atoms with van der Waals surface area (Å²) in [6.45, 7) is 3.45. The van der Waals surface area contributed by atoms with Crippen molar-refractivity contribution in [2.24, 2.45) is 0 Å². The molecule has 6 nitrogen and oxygen atoms in total. The minimum Gasteiger partial charge on any atom is -0.497 e. The van der Waals surface area contributed by atoms with Gasteiger partial charge < -0.3 is 4.74 Å². The average Bonchev–Trinajstić information content (AvgIpc) is 2.60. The number of halogens is 1. The van der Waals surface area contributed by atoms with Gasteiger partial charge in [-0.1, -0.05) is 19.1 Å². The van der Waals surface area contributed by atoms with Crippen LogP contribution >= 0.6 is 0 Å². The predicted octanol–water partition coefficient (Wildman–Crippen LogP) is 2.24. The van der Waals surface area contributed by atoms with E-state index in [9.17, 15) is 12.8 Å². The molecule has 0 fully saturated rings. The summed E-state index contributed by atoms with van der Waals surface area (Å²) in [4.78, 5) is 7.72. The van der Waals surface area contributed by atoms with Gasteiger partial charge in [-0.15, -0.1) is 0 Å². The van der Waals surface area contributed by atoms with Gasteiger partial charge in [-0.05, 0) is 24.6 Å². The molecule has 2 aromatic rings. The largest absolute Gasteiger partial charge is 0.497 e. The van der Waals surface area contributed by atoms with E-state index in [0.29, 0.717) is 11.6 Å². The molecule has 24 heavy (non-hydrogen) atoms. The summed E-state index contributed by atoms with van der Waals surface area (Å²) in [6.07, 6.45) is 2.06. The molecule has 0 saturated heterocycles. The van der Waals surface area contributed by atoms with Crippen molar-refractivity contribution in [2.45, 2.75) is 31.6 Å². The number of benzene rings is 1. The van der Waals surface area contributed by atoms with E-state index in [1.54, 1.807) is 45.2 Å². The van der Waals surface area contributed by atoms with Crippen molar-refractivity contribution in [1.82, 2.24) is 14.7 Å². The second-order valence-electron chi connectivity index (χ2n) is 5.47. The van der Waals surface area contributed by atoms with Gasteiger partial charge in [-0.25, -0.2) is 27.5 Å². The summed E-state index contributed by atoms with van der Waals surface area (Å²) < 4.78 is 45.4. The highest BCUT2D eigenvalue weighted by Gasteiger charge is 2.29. The molecule has 1 heterocycles. The van der Waals surface area contributed by atoms with Crippen LogP contribution in [-0.2, 0) is 16.6 Å². The molecule has 2 rings (SSSR count). The van der Waals surface area contributed by atoms with Gasteiger partial charge in [0.05, 0.1) is 24.8 Å². The molecule has 0 radical (unpaired) electrons. The molecule has 0 unspecified atom stereocenters. The standard InChI is InChI=1S/C16H20FN3O3S/c1-11(16-18-9-14(17)10-19-16)12(2)24(21,22)20-8-13-4-6-15(23-3)7-5-13/h4-7,9-12,20H,8H2,1-3H3/t11-,12+/m0/s1. The molecule has 2 atom stereocenters. The number of ether oxygens (including phenoxy) is 1. The number of sulfonamides is 1. The van der Waals surface area contributed by atoms with Crippen molar-refractivity contribution >= 4 is 10.0 Å². The Bertz CT molecular complexity index is 764. The molecule has 1 N–H and O–H groups in total. The summed E-state index contributed by atoms with van der Waals surface area (Å²) >= 11 is 0. The molecule has 0 spiro atoms. The number of hydrogen-bond donors (Lipinski definition) is 1.